The molecule has 0 atom stereocenters. The SMILES string of the molecule is CCSNC(=O)c1c(-c2ccc[nH]c2=O)c2cc(C)c(F)cc2n1Cc1cnc2ccccc2c1Cl. The standard InChI is InChI=1S/C27H22ClFN4O2S/c1-3-36-32-27(35)25-23(18-8-6-10-30-26(18)34)19-11-15(2)20(29)12-22(19)33(25)14-16-13-31-21-9-5-4-7-17(21)24(16)28/h4-13H,3,14H2,1-2H3,(H,30,34)(H,32,35). The number of amides is 1. The Kier molecular flexibility index (Phi) is 6.55. The predicted molar refractivity (Wildman–Crippen MR) is 144 cm³/mol. The zero-order chi connectivity index (χ0) is 25.4. The molecule has 0 aliphatic carbocycles. The number of aryl methyl sites for hydroxylation is 1. The maximum Gasteiger partial charge on any atom is 0.278 e. The summed E-state index contributed by atoms with van der Waals surface area (Å²) in [5, 5.41) is 1.88. The highest BCUT2D eigenvalue weighted by Gasteiger charge is 2.27. The Balaban J connectivity index is 1.83. The molecular weight excluding hydrogens is 499 g/mol. The van der Waals surface area contributed by atoms with Crippen molar-refractivity contribution in [3.05, 3.63) is 98.9 Å². The maximum atomic E-state index is 14.9. The van der Waals surface area contributed by atoms with Crippen LogP contribution in [0.3, 0.4) is 0 Å². The minimum absolute atomic E-state index is 0.153. The fraction of sp³-hybridized carbons (Fsp3) is 0.148. The van der Waals surface area contributed by atoms with E-state index < -0.39 is 5.82 Å². The minimum atomic E-state index is -0.410. The van der Waals surface area contributed by atoms with E-state index in [0.29, 0.717) is 43.9 Å². The van der Waals surface area contributed by atoms with Crippen molar-refractivity contribution in [1.82, 2.24) is 19.3 Å². The lowest BCUT2D eigenvalue weighted by Crippen LogP contribution is -2.22. The Morgan fingerprint density at radius 3 is 2.78 bits per heavy atom. The Morgan fingerprint density at radius 1 is 1.19 bits per heavy atom. The number of nitrogens with one attached hydrogen (secondary N) is 2. The third-order valence-corrected chi connectivity index (χ3v) is 7.13. The molecule has 0 bridgehead atoms. The molecule has 5 aromatic rings. The highest BCUT2D eigenvalue weighted by Crippen LogP contribution is 2.37. The number of aromatic amines is 1. The van der Waals surface area contributed by atoms with Gasteiger partial charge in [-0.1, -0.05) is 48.7 Å². The van der Waals surface area contributed by atoms with Crippen LogP contribution in [0.2, 0.25) is 5.02 Å². The van der Waals surface area contributed by atoms with Crippen molar-refractivity contribution in [2.75, 3.05) is 5.75 Å². The number of para-hydroxylation sites is 1. The maximum absolute atomic E-state index is 14.9. The molecular formula is C27H22ClFN4O2S. The summed E-state index contributed by atoms with van der Waals surface area (Å²) < 4.78 is 19.4. The van der Waals surface area contributed by atoms with Gasteiger partial charge < -0.3 is 9.55 Å². The molecule has 2 aromatic carbocycles. The number of H-pyrrole nitrogens is 1. The second kappa shape index (κ2) is 9.79. The van der Waals surface area contributed by atoms with Crippen molar-refractivity contribution in [1.29, 1.82) is 0 Å². The van der Waals surface area contributed by atoms with E-state index in [-0.39, 0.29) is 23.7 Å². The van der Waals surface area contributed by atoms with Crippen LogP contribution in [0.5, 0.6) is 0 Å². The van der Waals surface area contributed by atoms with Crippen molar-refractivity contribution in [2.24, 2.45) is 0 Å². The topological polar surface area (TPSA) is 79.8 Å². The Hall–Kier alpha value is -3.62. The van der Waals surface area contributed by atoms with Gasteiger partial charge in [0.05, 0.1) is 22.6 Å². The van der Waals surface area contributed by atoms with Crippen LogP contribution in [0.25, 0.3) is 32.9 Å². The summed E-state index contributed by atoms with van der Waals surface area (Å²) in [5.74, 6) is -0.145. The minimum Gasteiger partial charge on any atom is -0.331 e. The van der Waals surface area contributed by atoms with E-state index in [0.717, 1.165) is 10.9 Å². The van der Waals surface area contributed by atoms with E-state index >= 15 is 0 Å². The van der Waals surface area contributed by atoms with Crippen LogP contribution in [0, 0.1) is 12.7 Å². The smallest absolute Gasteiger partial charge is 0.278 e. The number of carbonyl (C=O) groups is 1. The lowest BCUT2D eigenvalue weighted by atomic mass is 10.0. The van der Waals surface area contributed by atoms with Gasteiger partial charge in [0.25, 0.3) is 11.5 Å². The Bertz CT molecular complexity index is 1700. The predicted octanol–water partition coefficient (Wildman–Crippen LogP) is 6.09. The fourth-order valence-corrected chi connectivity index (χ4v) is 5.02. The molecule has 6 nitrogen and oxygen atoms in total. The third kappa shape index (κ3) is 4.16. The summed E-state index contributed by atoms with van der Waals surface area (Å²) >= 11 is 8.02. The average molecular weight is 521 g/mol. The van der Waals surface area contributed by atoms with Crippen LogP contribution in [0.4, 0.5) is 4.39 Å². The van der Waals surface area contributed by atoms with E-state index in [1.54, 1.807) is 35.9 Å². The number of fused-ring (bicyclic) bond motifs is 2. The van der Waals surface area contributed by atoms with E-state index in [9.17, 15) is 14.0 Å². The molecule has 0 aliphatic rings. The molecule has 182 valence electrons. The normalized spacial score (nSPS) is 11.3. The van der Waals surface area contributed by atoms with Gasteiger partial charge in [0.2, 0.25) is 0 Å². The van der Waals surface area contributed by atoms with Gasteiger partial charge in [-0.05, 0) is 42.8 Å². The molecule has 0 saturated heterocycles. The molecule has 0 fully saturated rings. The van der Waals surface area contributed by atoms with Crippen molar-refractivity contribution in [3.8, 4) is 11.1 Å². The Morgan fingerprint density at radius 2 is 2.00 bits per heavy atom. The first-order chi connectivity index (χ1) is 17.4. The van der Waals surface area contributed by atoms with Crippen LogP contribution >= 0.6 is 23.5 Å². The number of pyridine rings is 2. The summed E-state index contributed by atoms with van der Waals surface area (Å²) in [6.07, 6.45) is 3.20. The second-order valence-corrected chi connectivity index (χ2v) is 9.77. The lowest BCUT2D eigenvalue weighted by molar-refractivity contribution is 0.0977. The van der Waals surface area contributed by atoms with Gasteiger partial charge in [-0.25, -0.2) is 4.39 Å². The average Bonchev–Trinajstić information content (AvgIpc) is 3.17. The number of nitrogens with zero attached hydrogens (tertiary/aromatic N) is 2. The molecule has 0 radical (unpaired) electrons. The van der Waals surface area contributed by atoms with E-state index in [1.807, 2.05) is 31.2 Å². The van der Waals surface area contributed by atoms with Crippen molar-refractivity contribution < 1.29 is 9.18 Å². The van der Waals surface area contributed by atoms with E-state index in [4.69, 9.17) is 11.6 Å². The van der Waals surface area contributed by atoms with E-state index in [1.165, 1.54) is 24.2 Å². The number of carbonyl (C=O) groups excluding carboxylic acids is 1. The van der Waals surface area contributed by atoms with Crippen LogP contribution in [0.1, 0.15) is 28.5 Å². The second-order valence-electron chi connectivity index (χ2n) is 8.32. The van der Waals surface area contributed by atoms with Crippen LogP contribution < -0.4 is 10.3 Å². The summed E-state index contributed by atoms with van der Waals surface area (Å²) in [7, 11) is 0. The molecule has 3 heterocycles. The summed E-state index contributed by atoms with van der Waals surface area (Å²) in [4.78, 5) is 33.6. The van der Waals surface area contributed by atoms with Gasteiger partial charge in [0.15, 0.2) is 0 Å². The van der Waals surface area contributed by atoms with Gasteiger partial charge >= 0.3 is 0 Å². The molecule has 3 aromatic heterocycles. The van der Waals surface area contributed by atoms with Gasteiger partial charge in [0.1, 0.15) is 11.5 Å². The molecule has 36 heavy (non-hydrogen) atoms. The number of rotatable bonds is 6. The number of halogens is 2. The number of benzene rings is 2. The molecule has 0 saturated carbocycles. The zero-order valence-electron chi connectivity index (χ0n) is 19.6. The van der Waals surface area contributed by atoms with Crippen LogP contribution in [-0.4, -0.2) is 26.2 Å². The third-order valence-electron chi connectivity index (χ3n) is 6.07. The largest absolute Gasteiger partial charge is 0.331 e. The van der Waals surface area contributed by atoms with Crippen LogP contribution in [0.15, 0.2) is 65.7 Å². The highest BCUT2D eigenvalue weighted by molar-refractivity contribution is 7.97. The molecule has 5 rings (SSSR count). The first-order valence-electron chi connectivity index (χ1n) is 11.3. The molecule has 0 unspecified atom stereocenters. The van der Waals surface area contributed by atoms with Gasteiger partial charge in [-0.3, -0.25) is 19.3 Å². The summed E-state index contributed by atoms with van der Waals surface area (Å²) in [6.45, 7) is 3.73. The first kappa shape index (κ1) is 24.1. The van der Waals surface area contributed by atoms with Crippen molar-refractivity contribution in [3.63, 3.8) is 0 Å². The Labute approximate surface area is 215 Å². The summed E-state index contributed by atoms with van der Waals surface area (Å²) in [6, 6.07) is 13.9. The molecule has 0 aliphatic heterocycles. The van der Waals surface area contributed by atoms with E-state index in [2.05, 4.69) is 14.7 Å². The number of hydrogen-bond donors (Lipinski definition) is 2. The molecule has 1 amide bonds. The number of hydrogen-bond acceptors (Lipinski definition) is 4. The number of aromatic nitrogens is 3. The molecule has 9 heteroatoms. The first-order valence-corrected chi connectivity index (χ1v) is 12.7. The van der Waals surface area contributed by atoms with Crippen LogP contribution in [-0.2, 0) is 6.54 Å². The summed E-state index contributed by atoms with van der Waals surface area (Å²) in [5.41, 5.74) is 2.97. The van der Waals surface area contributed by atoms with Gasteiger partial charge in [-0.15, -0.1) is 0 Å². The monoisotopic (exact) mass is 520 g/mol. The zero-order valence-corrected chi connectivity index (χ0v) is 21.1. The quantitative estimate of drug-likeness (QED) is 0.265. The molecule has 0 spiro atoms. The van der Waals surface area contributed by atoms with Gasteiger partial charge in [-0.2, -0.15) is 0 Å². The van der Waals surface area contributed by atoms with Crippen molar-refractivity contribution in [2.45, 2.75) is 20.4 Å². The lowest BCUT2D eigenvalue weighted by Gasteiger charge is -2.14. The molecule has 2 N–H and O–H groups in total. The van der Waals surface area contributed by atoms with Crippen molar-refractivity contribution >= 4 is 51.3 Å². The van der Waals surface area contributed by atoms with Gasteiger partial charge in [0, 0.05) is 45.6 Å². The fourth-order valence-electron chi connectivity index (χ4n) is 4.38. The highest BCUT2D eigenvalue weighted by atomic mass is 35.5.